The molecule has 0 aliphatic carbocycles. The molecule has 1 aromatic carbocycles. The maximum Gasteiger partial charge on any atom is 0.258 e. The van der Waals surface area contributed by atoms with E-state index >= 15 is 0 Å². The third-order valence-corrected chi connectivity index (χ3v) is 5.13. The number of carbonyl (C=O) groups is 2. The van der Waals surface area contributed by atoms with Gasteiger partial charge in [-0.05, 0) is 50.4 Å². The molecule has 0 bridgehead atoms. The number of ether oxygens (including phenoxy) is 1. The molecule has 0 radical (unpaired) electrons. The van der Waals surface area contributed by atoms with E-state index in [9.17, 15) is 9.59 Å². The second-order valence-corrected chi connectivity index (χ2v) is 6.98. The van der Waals surface area contributed by atoms with Crippen LogP contribution in [0.4, 0.5) is 0 Å². The first-order valence-corrected chi connectivity index (χ1v) is 9.13. The van der Waals surface area contributed by atoms with Gasteiger partial charge in [0.15, 0.2) is 0 Å². The Kier molecular flexibility index (Phi) is 5.81. The molecule has 2 N–H and O–H groups in total. The van der Waals surface area contributed by atoms with Crippen LogP contribution in [0.2, 0.25) is 5.02 Å². The van der Waals surface area contributed by atoms with Gasteiger partial charge in [-0.15, -0.1) is 0 Å². The summed E-state index contributed by atoms with van der Waals surface area (Å²) in [5.41, 5.74) is 0.396. The highest BCUT2D eigenvalue weighted by Crippen LogP contribution is 2.27. The largest absolute Gasteiger partial charge is 0.496 e. The number of methoxy groups -OCH3 is 1. The minimum atomic E-state index is -0.433. The van der Waals surface area contributed by atoms with E-state index in [1.54, 1.807) is 23.1 Å². The van der Waals surface area contributed by atoms with Gasteiger partial charge in [0.1, 0.15) is 11.8 Å². The van der Waals surface area contributed by atoms with Crippen LogP contribution in [0.25, 0.3) is 0 Å². The lowest BCUT2D eigenvalue weighted by Crippen LogP contribution is -2.48. The minimum Gasteiger partial charge on any atom is -0.496 e. The van der Waals surface area contributed by atoms with E-state index in [2.05, 4.69) is 10.6 Å². The van der Waals surface area contributed by atoms with Crippen molar-refractivity contribution in [2.24, 2.45) is 0 Å². The monoisotopic (exact) mass is 365 g/mol. The molecule has 6 nitrogen and oxygen atoms in total. The standard InChI is InChI=1S/C18H24ClN3O3/c1-25-16-7-6-12(19)10-14(16)18(24)22-9-3-5-15(22)17(23)21-11-13-4-2-8-20-13/h6-7,10,13,15,20H,2-5,8-9,11H2,1H3,(H,21,23). The van der Waals surface area contributed by atoms with E-state index in [1.807, 2.05) is 0 Å². The van der Waals surface area contributed by atoms with Crippen LogP contribution in [-0.2, 0) is 4.79 Å². The van der Waals surface area contributed by atoms with E-state index < -0.39 is 6.04 Å². The van der Waals surface area contributed by atoms with E-state index in [0.29, 0.717) is 41.9 Å². The fourth-order valence-electron chi connectivity index (χ4n) is 3.56. The van der Waals surface area contributed by atoms with Crippen LogP contribution in [0, 0.1) is 0 Å². The molecule has 2 aliphatic rings. The van der Waals surface area contributed by atoms with Crippen molar-refractivity contribution in [3.05, 3.63) is 28.8 Å². The highest BCUT2D eigenvalue weighted by atomic mass is 35.5. The van der Waals surface area contributed by atoms with Crippen LogP contribution < -0.4 is 15.4 Å². The van der Waals surface area contributed by atoms with Gasteiger partial charge in [-0.2, -0.15) is 0 Å². The quantitative estimate of drug-likeness (QED) is 0.835. The van der Waals surface area contributed by atoms with Crippen LogP contribution >= 0.6 is 11.6 Å². The summed E-state index contributed by atoms with van der Waals surface area (Å²) in [5.74, 6) is 0.173. The molecule has 136 valence electrons. The Hall–Kier alpha value is -1.79. The van der Waals surface area contributed by atoms with Gasteiger partial charge >= 0.3 is 0 Å². The average molecular weight is 366 g/mol. The van der Waals surface area contributed by atoms with E-state index in [1.165, 1.54) is 7.11 Å². The molecule has 3 rings (SSSR count). The molecule has 0 saturated carbocycles. The molecule has 0 spiro atoms. The molecule has 2 atom stereocenters. The van der Waals surface area contributed by atoms with Crippen molar-refractivity contribution in [1.29, 1.82) is 0 Å². The Labute approximate surface area is 152 Å². The van der Waals surface area contributed by atoms with E-state index in [4.69, 9.17) is 16.3 Å². The van der Waals surface area contributed by atoms with Crippen LogP contribution in [-0.4, -0.2) is 55.5 Å². The topological polar surface area (TPSA) is 70.7 Å². The summed E-state index contributed by atoms with van der Waals surface area (Å²) in [7, 11) is 1.52. The molecule has 2 saturated heterocycles. The first-order valence-electron chi connectivity index (χ1n) is 8.75. The zero-order valence-electron chi connectivity index (χ0n) is 14.4. The molecule has 2 amide bonds. The predicted octanol–water partition coefficient (Wildman–Crippen LogP) is 1.82. The summed E-state index contributed by atoms with van der Waals surface area (Å²) in [4.78, 5) is 27.2. The van der Waals surface area contributed by atoms with Crippen molar-refractivity contribution >= 4 is 23.4 Å². The molecular formula is C18H24ClN3O3. The van der Waals surface area contributed by atoms with Gasteiger partial charge in [0.25, 0.3) is 5.91 Å². The van der Waals surface area contributed by atoms with Crippen molar-refractivity contribution in [1.82, 2.24) is 15.5 Å². The molecule has 2 fully saturated rings. The maximum absolute atomic E-state index is 12.9. The summed E-state index contributed by atoms with van der Waals surface area (Å²) in [5, 5.41) is 6.82. The van der Waals surface area contributed by atoms with Gasteiger partial charge in [0.2, 0.25) is 5.91 Å². The number of hydrogen-bond acceptors (Lipinski definition) is 4. The van der Waals surface area contributed by atoms with Gasteiger partial charge < -0.3 is 20.3 Å². The van der Waals surface area contributed by atoms with E-state index in [-0.39, 0.29) is 11.8 Å². The van der Waals surface area contributed by atoms with Gasteiger partial charge in [-0.25, -0.2) is 0 Å². The lowest BCUT2D eigenvalue weighted by molar-refractivity contribution is -0.124. The second-order valence-electron chi connectivity index (χ2n) is 6.54. The smallest absolute Gasteiger partial charge is 0.258 e. The van der Waals surface area contributed by atoms with Crippen molar-refractivity contribution in [3.63, 3.8) is 0 Å². The SMILES string of the molecule is COc1ccc(Cl)cc1C(=O)N1CCCC1C(=O)NCC1CCCN1. The van der Waals surface area contributed by atoms with Gasteiger partial charge in [0.05, 0.1) is 12.7 Å². The minimum absolute atomic E-state index is 0.0828. The van der Waals surface area contributed by atoms with Crippen molar-refractivity contribution in [2.45, 2.75) is 37.8 Å². The second kappa shape index (κ2) is 8.06. The summed E-state index contributed by atoms with van der Waals surface area (Å²) < 4.78 is 5.28. The van der Waals surface area contributed by atoms with Crippen LogP contribution in [0.5, 0.6) is 5.75 Å². The van der Waals surface area contributed by atoms with Crippen LogP contribution in [0.15, 0.2) is 18.2 Å². The number of halogens is 1. The molecule has 7 heteroatoms. The number of likely N-dealkylation sites (tertiary alicyclic amines) is 1. The van der Waals surface area contributed by atoms with Crippen molar-refractivity contribution < 1.29 is 14.3 Å². The van der Waals surface area contributed by atoms with Crippen molar-refractivity contribution in [3.8, 4) is 5.75 Å². The normalized spacial score (nSPS) is 22.9. The van der Waals surface area contributed by atoms with Crippen LogP contribution in [0.1, 0.15) is 36.0 Å². The Morgan fingerprint density at radius 3 is 2.92 bits per heavy atom. The number of nitrogens with zero attached hydrogens (tertiary/aromatic N) is 1. The number of hydrogen-bond donors (Lipinski definition) is 2. The number of benzene rings is 1. The lowest BCUT2D eigenvalue weighted by Gasteiger charge is -2.25. The number of nitrogens with one attached hydrogen (secondary N) is 2. The number of rotatable bonds is 5. The molecule has 0 aromatic heterocycles. The highest BCUT2D eigenvalue weighted by molar-refractivity contribution is 6.31. The summed E-state index contributed by atoms with van der Waals surface area (Å²) in [6.45, 7) is 2.18. The average Bonchev–Trinajstić information content (AvgIpc) is 3.30. The van der Waals surface area contributed by atoms with Gasteiger partial charge in [-0.3, -0.25) is 9.59 Å². The van der Waals surface area contributed by atoms with Gasteiger partial charge in [0, 0.05) is 24.2 Å². The zero-order valence-corrected chi connectivity index (χ0v) is 15.1. The molecule has 25 heavy (non-hydrogen) atoms. The van der Waals surface area contributed by atoms with Crippen molar-refractivity contribution in [2.75, 3.05) is 26.7 Å². The fraction of sp³-hybridized carbons (Fsp3) is 0.556. The Balaban J connectivity index is 1.69. The summed E-state index contributed by atoms with van der Waals surface area (Å²) in [6.07, 6.45) is 3.71. The Morgan fingerprint density at radius 2 is 2.20 bits per heavy atom. The Bertz CT molecular complexity index is 646. The number of amides is 2. The predicted molar refractivity (Wildman–Crippen MR) is 96.1 cm³/mol. The summed E-state index contributed by atoms with van der Waals surface area (Å²) in [6, 6.07) is 4.85. The molecule has 2 unspecified atom stereocenters. The first kappa shape index (κ1) is 18.0. The van der Waals surface area contributed by atoms with Gasteiger partial charge in [-0.1, -0.05) is 11.6 Å². The zero-order chi connectivity index (χ0) is 17.8. The highest BCUT2D eigenvalue weighted by Gasteiger charge is 2.35. The third-order valence-electron chi connectivity index (χ3n) is 4.89. The lowest BCUT2D eigenvalue weighted by atomic mass is 10.1. The van der Waals surface area contributed by atoms with Crippen LogP contribution in [0.3, 0.4) is 0 Å². The Morgan fingerprint density at radius 1 is 1.36 bits per heavy atom. The summed E-state index contributed by atoms with van der Waals surface area (Å²) >= 11 is 6.03. The molecule has 2 heterocycles. The third kappa shape index (κ3) is 4.07. The molecule has 2 aliphatic heterocycles. The number of carbonyl (C=O) groups excluding carboxylic acids is 2. The molecule has 1 aromatic rings. The first-order chi connectivity index (χ1) is 12.1. The molecular weight excluding hydrogens is 342 g/mol. The fourth-order valence-corrected chi connectivity index (χ4v) is 3.73. The maximum atomic E-state index is 12.9. The van der Waals surface area contributed by atoms with E-state index in [0.717, 1.165) is 25.8 Å².